The average Bonchev–Trinajstić information content (AvgIpc) is 3.03. The van der Waals surface area contributed by atoms with Crippen molar-refractivity contribution in [1.29, 1.82) is 0 Å². The molecule has 1 fully saturated rings. The number of aromatic nitrogens is 4. The minimum Gasteiger partial charge on any atom is -0.369 e. The molecule has 1 saturated carbocycles. The number of anilines is 1. The van der Waals surface area contributed by atoms with Crippen LogP contribution in [0, 0.1) is 6.92 Å². The van der Waals surface area contributed by atoms with Crippen molar-refractivity contribution in [2.24, 2.45) is 0 Å². The van der Waals surface area contributed by atoms with Gasteiger partial charge in [0.2, 0.25) is 0 Å². The summed E-state index contributed by atoms with van der Waals surface area (Å²) >= 11 is 0. The fourth-order valence-corrected chi connectivity index (χ4v) is 2.83. The van der Waals surface area contributed by atoms with E-state index in [1.54, 1.807) is 0 Å². The normalized spacial score (nSPS) is 16.3. The Balaban J connectivity index is 2.04. The van der Waals surface area contributed by atoms with Crippen LogP contribution in [-0.2, 0) is 0 Å². The summed E-state index contributed by atoms with van der Waals surface area (Å²) in [5.74, 6) is 1.74. The Morgan fingerprint density at radius 3 is 2.84 bits per heavy atom. The molecule has 0 saturated heterocycles. The maximum Gasteiger partial charge on any atom is 0.163 e. The third kappa shape index (κ3) is 2.29. The van der Waals surface area contributed by atoms with Crippen LogP contribution in [0.5, 0.6) is 0 Å². The Bertz CT molecular complexity index is 568. The van der Waals surface area contributed by atoms with Crippen molar-refractivity contribution < 1.29 is 0 Å². The minimum absolute atomic E-state index is 0.519. The van der Waals surface area contributed by atoms with Gasteiger partial charge in [-0.05, 0) is 26.2 Å². The van der Waals surface area contributed by atoms with Crippen LogP contribution in [0.1, 0.15) is 50.9 Å². The van der Waals surface area contributed by atoms with Gasteiger partial charge >= 0.3 is 0 Å². The molecule has 0 amide bonds. The van der Waals surface area contributed by atoms with E-state index in [0.717, 1.165) is 35.6 Å². The average molecular weight is 259 g/mol. The first-order chi connectivity index (χ1) is 9.29. The molecule has 1 aliphatic rings. The predicted octanol–water partition coefficient (Wildman–Crippen LogP) is 3.07. The molecule has 0 spiro atoms. The van der Waals surface area contributed by atoms with Gasteiger partial charge in [-0.2, -0.15) is 5.10 Å². The highest BCUT2D eigenvalue weighted by Crippen LogP contribution is 2.32. The molecule has 2 aromatic heterocycles. The molecule has 0 aromatic carbocycles. The van der Waals surface area contributed by atoms with Crippen LogP contribution in [0.3, 0.4) is 0 Å². The number of nitrogens with one attached hydrogen (secondary N) is 1. The van der Waals surface area contributed by atoms with Crippen LogP contribution in [0.4, 0.5) is 5.82 Å². The molecule has 0 aliphatic heterocycles. The van der Waals surface area contributed by atoms with Crippen LogP contribution >= 0.6 is 0 Å². The number of rotatable bonds is 4. The maximum absolute atomic E-state index is 4.60. The highest BCUT2D eigenvalue weighted by molar-refractivity contribution is 5.86. The molecule has 2 heterocycles. The second-order valence-corrected chi connectivity index (χ2v) is 5.31. The van der Waals surface area contributed by atoms with E-state index >= 15 is 0 Å². The van der Waals surface area contributed by atoms with Crippen molar-refractivity contribution in [2.45, 2.75) is 52.0 Å². The smallest absolute Gasteiger partial charge is 0.163 e. The van der Waals surface area contributed by atoms with Crippen LogP contribution < -0.4 is 5.32 Å². The third-order valence-electron chi connectivity index (χ3n) is 3.78. The second-order valence-electron chi connectivity index (χ2n) is 5.31. The van der Waals surface area contributed by atoms with E-state index in [9.17, 15) is 0 Å². The largest absolute Gasteiger partial charge is 0.369 e. The first-order valence-electron chi connectivity index (χ1n) is 7.25. The van der Waals surface area contributed by atoms with Crippen molar-refractivity contribution in [3.63, 3.8) is 0 Å². The highest BCUT2D eigenvalue weighted by atomic mass is 15.3. The van der Waals surface area contributed by atoms with Gasteiger partial charge in [-0.25, -0.2) is 14.6 Å². The van der Waals surface area contributed by atoms with E-state index < -0.39 is 0 Å². The van der Waals surface area contributed by atoms with Gasteiger partial charge in [0.05, 0.1) is 17.6 Å². The summed E-state index contributed by atoms with van der Waals surface area (Å²) in [5, 5.41) is 8.99. The van der Waals surface area contributed by atoms with Crippen molar-refractivity contribution >= 4 is 16.9 Å². The van der Waals surface area contributed by atoms with E-state index in [-0.39, 0.29) is 0 Å². The Hall–Kier alpha value is -1.65. The zero-order valence-electron chi connectivity index (χ0n) is 11.7. The highest BCUT2D eigenvalue weighted by Gasteiger charge is 2.21. The number of hydrogen-bond donors (Lipinski definition) is 1. The topological polar surface area (TPSA) is 55.6 Å². The number of hydrogen-bond acceptors (Lipinski definition) is 4. The van der Waals surface area contributed by atoms with Gasteiger partial charge in [-0.15, -0.1) is 0 Å². The summed E-state index contributed by atoms with van der Waals surface area (Å²) in [6.45, 7) is 5.03. The van der Waals surface area contributed by atoms with Gasteiger partial charge in [0.1, 0.15) is 11.6 Å². The number of nitrogens with zero attached hydrogens (tertiary/aromatic N) is 4. The summed E-state index contributed by atoms with van der Waals surface area (Å²) in [5.41, 5.74) is 0.984. The zero-order chi connectivity index (χ0) is 13.2. The second kappa shape index (κ2) is 5.15. The summed E-state index contributed by atoms with van der Waals surface area (Å²) in [6.07, 6.45) is 8.04. The lowest BCUT2D eigenvalue weighted by Crippen LogP contribution is -2.09. The molecule has 1 aliphatic carbocycles. The van der Waals surface area contributed by atoms with Crippen LogP contribution in [0.25, 0.3) is 11.0 Å². The first-order valence-corrected chi connectivity index (χ1v) is 7.25. The van der Waals surface area contributed by atoms with Crippen molar-refractivity contribution in [3.8, 4) is 0 Å². The molecular weight excluding hydrogens is 238 g/mol. The Morgan fingerprint density at radius 2 is 2.11 bits per heavy atom. The molecule has 102 valence electrons. The molecule has 3 rings (SSSR count). The molecular formula is C14H21N5. The Morgan fingerprint density at radius 1 is 1.32 bits per heavy atom. The molecule has 0 radical (unpaired) electrons. The standard InChI is InChI=1S/C14H21N5/c1-3-8-15-13-12-9-16-19(11-6-4-5-7-11)14(12)18-10(2)17-13/h9,11H,3-8H2,1-2H3,(H,15,17,18). The van der Waals surface area contributed by atoms with Gasteiger partial charge in [0.25, 0.3) is 0 Å². The van der Waals surface area contributed by atoms with Gasteiger partial charge in [0, 0.05) is 6.54 Å². The summed E-state index contributed by atoms with van der Waals surface area (Å²) < 4.78 is 2.11. The monoisotopic (exact) mass is 259 g/mol. The Labute approximate surface area is 113 Å². The molecule has 5 heteroatoms. The quantitative estimate of drug-likeness (QED) is 0.916. The lowest BCUT2D eigenvalue weighted by atomic mass is 10.2. The van der Waals surface area contributed by atoms with E-state index in [1.807, 2.05) is 13.1 Å². The molecule has 5 nitrogen and oxygen atoms in total. The van der Waals surface area contributed by atoms with Crippen LogP contribution in [-0.4, -0.2) is 26.3 Å². The maximum atomic E-state index is 4.60. The van der Waals surface area contributed by atoms with Crippen LogP contribution in [0.15, 0.2) is 6.20 Å². The molecule has 0 atom stereocenters. The van der Waals surface area contributed by atoms with Gasteiger partial charge < -0.3 is 5.32 Å². The number of aryl methyl sites for hydroxylation is 1. The summed E-state index contributed by atoms with van der Waals surface area (Å²) in [4.78, 5) is 9.10. The fourth-order valence-electron chi connectivity index (χ4n) is 2.83. The predicted molar refractivity (Wildman–Crippen MR) is 76.3 cm³/mol. The molecule has 0 unspecified atom stereocenters. The molecule has 19 heavy (non-hydrogen) atoms. The van der Waals surface area contributed by atoms with E-state index in [1.165, 1.54) is 25.7 Å². The van der Waals surface area contributed by atoms with E-state index in [4.69, 9.17) is 0 Å². The lowest BCUT2D eigenvalue weighted by molar-refractivity contribution is 0.478. The minimum atomic E-state index is 0.519. The summed E-state index contributed by atoms with van der Waals surface area (Å²) in [7, 11) is 0. The summed E-state index contributed by atoms with van der Waals surface area (Å²) in [6, 6.07) is 0.519. The van der Waals surface area contributed by atoms with E-state index in [0.29, 0.717) is 6.04 Å². The molecule has 1 N–H and O–H groups in total. The van der Waals surface area contributed by atoms with Crippen molar-refractivity contribution in [1.82, 2.24) is 19.7 Å². The zero-order valence-corrected chi connectivity index (χ0v) is 11.7. The van der Waals surface area contributed by atoms with Crippen molar-refractivity contribution in [2.75, 3.05) is 11.9 Å². The lowest BCUT2D eigenvalue weighted by Gasteiger charge is -2.11. The first kappa shape index (κ1) is 12.4. The van der Waals surface area contributed by atoms with E-state index in [2.05, 4.69) is 32.0 Å². The Kier molecular flexibility index (Phi) is 3.36. The van der Waals surface area contributed by atoms with Gasteiger partial charge in [-0.3, -0.25) is 0 Å². The van der Waals surface area contributed by atoms with Crippen LogP contribution in [0.2, 0.25) is 0 Å². The van der Waals surface area contributed by atoms with Crippen molar-refractivity contribution in [3.05, 3.63) is 12.0 Å². The van der Waals surface area contributed by atoms with Gasteiger partial charge in [0.15, 0.2) is 5.65 Å². The SMILES string of the molecule is CCCNc1nc(C)nc2c1cnn2C1CCCC1. The molecule has 2 aromatic rings. The number of fused-ring (bicyclic) bond motifs is 1. The van der Waals surface area contributed by atoms with Gasteiger partial charge in [-0.1, -0.05) is 19.8 Å². The molecule has 0 bridgehead atoms. The third-order valence-corrected chi connectivity index (χ3v) is 3.78. The fraction of sp³-hybridized carbons (Fsp3) is 0.643.